The zero-order chi connectivity index (χ0) is 16.8. The molecule has 0 spiro atoms. The van der Waals surface area contributed by atoms with E-state index in [-0.39, 0.29) is 36.7 Å². The molecule has 0 saturated carbocycles. The first-order valence-corrected chi connectivity index (χ1v) is 6.91. The lowest BCUT2D eigenvalue weighted by molar-refractivity contribution is -0.154. The number of hydrogen-bond donors (Lipinski definition) is 2. The molecular formula is C14H21ClF3N3O2. The average molecular weight is 356 g/mol. The molecule has 1 heterocycles. The second kappa shape index (κ2) is 9.57. The van der Waals surface area contributed by atoms with Gasteiger partial charge >= 0.3 is 6.18 Å². The Morgan fingerprint density at radius 3 is 2.70 bits per heavy atom. The number of aromatic nitrogens is 1. The van der Waals surface area contributed by atoms with Gasteiger partial charge in [-0.1, -0.05) is 26.3 Å². The molecule has 0 fully saturated rings. The fourth-order valence-electron chi connectivity index (χ4n) is 1.65. The van der Waals surface area contributed by atoms with E-state index in [0.29, 0.717) is 5.56 Å². The molecule has 0 aliphatic rings. The van der Waals surface area contributed by atoms with Gasteiger partial charge in [0.2, 0.25) is 11.8 Å². The van der Waals surface area contributed by atoms with Crippen molar-refractivity contribution in [1.82, 2.24) is 10.3 Å². The van der Waals surface area contributed by atoms with Gasteiger partial charge in [-0.3, -0.25) is 4.79 Å². The number of alkyl halides is 3. The highest BCUT2D eigenvalue weighted by atomic mass is 35.5. The first-order chi connectivity index (χ1) is 10.2. The van der Waals surface area contributed by atoms with Crippen molar-refractivity contribution in [2.24, 2.45) is 11.7 Å². The molecule has 1 rings (SSSR count). The standard InChI is InChI=1S/C14H20F3N3O2.ClH/c1-3-9(2)11(18)12(21)20-7-10-5-4-6-19-13(10)22-8-14(15,16)17;/h4-6,9,11H,3,7-8,18H2,1-2H3,(H,20,21);1H. The Morgan fingerprint density at radius 1 is 1.48 bits per heavy atom. The van der Waals surface area contributed by atoms with E-state index in [0.717, 1.165) is 6.42 Å². The minimum atomic E-state index is -4.45. The van der Waals surface area contributed by atoms with Gasteiger partial charge in [-0.15, -0.1) is 12.4 Å². The fourth-order valence-corrected chi connectivity index (χ4v) is 1.65. The summed E-state index contributed by atoms with van der Waals surface area (Å²) in [4.78, 5) is 15.6. The monoisotopic (exact) mass is 355 g/mol. The van der Waals surface area contributed by atoms with E-state index < -0.39 is 18.8 Å². The number of halogens is 4. The lowest BCUT2D eigenvalue weighted by Crippen LogP contribution is -2.44. The third kappa shape index (κ3) is 7.51. The van der Waals surface area contributed by atoms with Crippen LogP contribution in [0.2, 0.25) is 0 Å². The number of rotatable bonds is 7. The maximum atomic E-state index is 12.2. The van der Waals surface area contributed by atoms with E-state index in [1.165, 1.54) is 12.3 Å². The number of nitrogens with zero attached hydrogens (tertiary/aromatic N) is 1. The Kier molecular flexibility index (Phi) is 8.93. The van der Waals surface area contributed by atoms with Crippen LogP contribution in [0.4, 0.5) is 13.2 Å². The Hall–Kier alpha value is -1.54. The van der Waals surface area contributed by atoms with Gasteiger partial charge in [0.25, 0.3) is 0 Å². The normalized spacial score (nSPS) is 13.7. The van der Waals surface area contributed by atoms with Crippen LogP contribution in [-0.4, -0.2) is 29.7 Å². The zero-order valence-electron chi connectivity index (χ0n) is 12.9. The van der Waals surface area contributed by atoms with Crippen LogP contribution in [-0.2, 0) is 11.3 Å². The van der Waals surface area contributed by atoms with Crippen LogP contribution >= 0.6 is 12.4 Å². The summed E-state index contributed by atoms with van der Waals surface area (Å²) in [5.41, 5.74) is 6.14. The van der Waals surface area contributed by atoms with Crippen LogP contribution in [0.1, 0.15) is 25.8 Å². The molecule has 1 aromatic rings. The van der Waals surface area contributed by atoms with Gasteiger partial charge in [-0.2, -0.15) is 13.2 Å². The summed E-state index contributed by atoms with van der Waals surface area (Å²) >= 11 is 0. The molecular weight excluding hydrogens is 335 g/mol. The third-order valence-corrected chi connectivity index (χ3v) is 3.24. The highest BCUT2D eigenvalue weighted by molar-refractivity contribution is 5.85. The number of nitrogens with two attached hydrogens (primary N) is 1. The fraction of sp³-hybridized carbons (Fsp3) is 0.571. The van der Waals surface area contributed by atoms with Gasteiger partial charge in [-0.25, -0.2) is 4.98 Å². The number of nitrogens with one attached hydrogen (secondary N) is 1. The first kappa shape index (κ1) is 21.5. The largest absolute Gasteiger partial charge is 0.468 e. The number of carbonyl (C=O) groups is 1. The van der Waals surface area contributed by atoms with Crippen molar-refractivity contribution in [3.05, 3.63) is 23.9 Å². The number of hydrogen-bond acceptors (Lipinski definition) is 4. The van der Waals surface area contributed by atoms with Crippen molar-refractivity contribution in [3.8, 4) is 5.88 Å². The molecule has 3 N–H and O–H groups in total. The average Bonchev–Trinajstić information content (AvgIpc) is 2.48. The Bertz CT molecular complexity index is 500. The van der Waals surface area contributed by atoms with Crippen molar-refractivity contribution in [1.29, 1.82) is 0 Å². The second-order valence-corrected chi connectivity index (χ2v) is 5.00. The van der Waals surface area contributed by atoms with Crippen molar-refractivity contribution >= 4 is 18.3 Å². The molecule has 0 aliphatic heterocycles. The van der Waals surface area contributed by atoms with Gasteiger partial charge in [0.1, 0.15) is 0 Å². The molecule has 0 radical (unpaired) electrons. The molecule has 23 heavy (non-hydrogen) atoms. The van der Waals surface area contributed by atoms with E-state index in [9.17, 15) is 18.0 Å². The number of carbonyl (C=O) groups excluding carboxylic acids is 1. The van der Waals surface area contributed by atoms with Crippen LogP contribution in [0.3, 0.4) is 0 Å². The zero-order valence-corrected chi connectivity index (χ0v) is 13.7. The van der Waals surface area contributed by atoms with Crippen LogP contribution in [0.5, 0.6) is 5.88 Å². The summed E-state index contributed by atoms with van der Waals surface area (Å²) in [5, 5.41) is 2.59. The predicted molar refractivity (Wildman–Crippen MR) is 82.3 cm³/mol. The van der Waals surface area contributed by atoms with Crippen molar-refractivity contribution < 1.29 is 22.7 Å². The van der Waals surface area contributed by atoms with E-state index in [1.54, 1.807) is 6.07 Å². The smallest absolute Gasteiger partial charge is 0.422 e. The summed E-state index contributed by atoms with van der Waals surface area (Å²) in [7, 11) is 0. The number of ether oxygens (including phenoxy) is 1. The highest BCUT2D eigenvalue weighted by Crippen LogP contribution is 2.19. The molecule has 1 aromatic heterocycles. The van der Waals surface area contributed by atoms with Crippen molar-refractivity contribution in [2.75, 3.05) is 6.61 Å². The van der Waals surface area contributed by atoms with Crippen LogP contribution < -0.4 is 15.8 Å². The maximum absolute atomic E-state index is 12.2. The Labute approximate surface area is 139 Å². The van der Waals surface area contributed by atoms with Crippen LogP contribution in [0.25, 0.3) is 0 Å². The van der Waals surface area contributed by atoms with Gasteiger partial charge in [0.05, 0.1) is 6.04 Å². The van der Waals surface area contributed by atoms with E-state index in [2.05, 4.69) is 15.0 Å². The lowest BCUT2D eigenvalue weighted by Gasteiger charge is -2.18. The second-order valence-electron chi connectivity index (χ2n) is 5.00. The summed E-state index contributed by atoms with van der Waals surface area (Å²) in [6, 6.07) is 2.42. The van der Waals surface area contributed by atoms with E-state index in [4.69, 9.17) is 5.73 Å². The molecule has 9 heteroatoms. The van der Waals surface area contributed by atoms with E-state index >= 15 is 0 Å². The predicted octanol–water partition coefficient (Wildman–Crippen LogP) is 2.43. The van der Waals surface area contributed by atoms with Crippen molar-refractivity contribution in [2.45, 2.75) is 39.0 Å². The van der Waals surface area contributed by atoms with Crippen molar-refractivity contribution in [3.63, 3.8) is 0 Å². The van der Waals surface area contributed by atoms with E-state index in [1.807, 2.05) is 13.8 Å². The van der Waals surface area contributed by atoms with Crippen LogP contribution in [0, 0.1) is 5.92 Å². The Morgan fingerprint density at radius 2 is 2.13 bits per heavy atom. The molecule has 132 valence electrons. The van der Waals surface area contributed by atoms with Gasteiger partial charge in [-0.05, 0) is 12.0 Å². The topological polar surface area (TPSA) is 77.2 Å². The molecule has 2 atom stereocenters. The lowest BCUT2D eigenvalue weighted by atomic mass is 9.99. The quantitative estimate of drug-likeness (QED) is 0.787. The SMILES string of the molecule is CCC(C)C(N)C(=O)NCc1cccnc1OCC(F)(F)F.Cl. The first-order valence-electron chi connectivity index (χ1n) is 6.91. The van der Waals surface area contributed by atoms with Crippen LogP contribution in [0.15, 0.2) is 18.3 Å². The number of pyridine rings is 1. The van der Waals surface area contributed by atoms with Gasteiger partial charge < -0.3 is 15.8 Å². The molecule has 2 unspecified atom stereocenters. The molecule has 0 saturated heterocycles. The molecule has 0 bridgehead atoms. The minimum Gasteiger partial charge on any atom is -0.468 e. The molecule has 0 aliphatic carbocycles. The molecule has 1 amide bonds. The molecule has 5 nitrogen and oxygen atoms in total. The Balaban J connectivity index is 0.00000484. The van der Waals surface area contributed by atoms with Gasteiger partial charge in [0, 0.05) is 18.3 Å². The molecule has 0 aromatic carbocycles. The minimum absolute atomic E-state index is 0. The third-order valence-electron chi connectivity index (χ3n) is 3.24. The van der Waals surface area contributed by atoms with Gasteiger partial charge in [0.15, 0.2) is 6.61 Å². The summed E-state index contributed by atoms with van der Waals surface area (Å²) in [6.07, 6.45) is -2.37. The number of amides is 1. The summed E-state index contributed by atoms with van der Waals surface area (Å²) < 4.78 is 41.2. The maximum Gasteiger partial charge on any atom is 0.422 e. The highest BCUT2D eigenvalue weighted by Gasteiger charge is 2.29. The summed E-state index contributed by atoms with van der Waals surface area (Å²) in [5.74, 6) is -0.507. The summed E-state index contributed by atoms with van der Waals surface area (Å²) in [6.45, 7) is 2.34.